The van der Waals surface area contributed by atoms with E-state index in [0.29, 0.717) is 12.5 Å². The Labute approximate surface area is 86.4 Å². The lowest BCUT2D eigenvalue weighted by atomic mass is 10.1. The lowest BCUT2D eigenvalue weighted by Gasteiger charge is -2.14. The van der Waals surface area contributed by atoms with Crippen LogP contribution in [0.4, 0.5) is 0 Å². The second-order valence-electron chi connectivity index (χ2n) is 3.55. The van der Waals surface area contributed by atoms with Crippen LogP contribution in [0.1, 0.15) is 25.8 Å². The summed E-state index contributed by atoms with van der Waals surface area (Å²) in [6.07, 6.45) is 1.08. The fourth-order valence-electron chi connectivity index (χ4n) is 1.12. The molecule has 0 bridgehead atoms. The van der Waals surface area contributed by atoms with Crippen molar-refractivity contribution in [3.63, 3.8) is 0 Å². The first-order valence-corrected chi connectivity index (χ1v) is 5.09. The quantitative estimate of drug-likeness (QED) is 0.642. The predicted molar refractivity (Wildman–Crippen MR) is 59.8 cm³/mol. The van der Waals surface area contributed by atoms with Gasteiger partial charge in [0.05, 0.1) is 5.76 Å². The number of benzene rings is 1. The number of ether oxygens (including phenoxy) is 1. The third-order valence-corrected chi connectivity index (χ3v) is 2.43. The zero-order chi connectivity index (χ0) is 10.4. The molecule has 0 spiro atoms. The van der Waals surface area contributed by atoms with Gasteiger partial charge in [0.15, 0.2) is 0 Å². The van der Waals surface area contributed by atoms with Crippen molar-refractivity contribution in [3.05, 3.63) is 48.2 Å². The van der Waals surface area contributed by atoms with Crippen LogP contribution in [0.5, 0.6) is 0 Å². The number of rotatable bonds is 5. The van der Waals surface area contributed by atoms with Crippen LogP contribution in [-0.2, 0) is 11.3 Å². The minimum Gasteiger partial charge on any atom is -0.494 e. The van der Waals surface area contributed by atoms with Crippen molar-refractivity contribution in [1.82, 2.24) is 0 Å². The van der Waals surface area contributed by atoms with Gasteiger partial charge in [0.2, 0.25) is 0 Å². The van der Waals surface area contributed by atoms with E-state index in [4.69, 9.17) is 4.74 Å². The zero-order valence-electron chi connectivity index (χ0n) is 8.99. The summed E-state index contributed by atoms with van der Waals surface area (Å²) in [6, 6.07) is 10.2. The van der Waals surface area contributed by atoms with Gasteiger partial charge >= 0.3 is 0 Å². The Balaban J connectivity index is 2.38. The average Bonchev–Trinajstić information content (AvgIpc) is 2.26. The van der Waals surface area contributed by atoms with E-state index in [2.05, 4.69) is 32.6 Å². The number of hydrogen-bond donors (Lipinski definition) is 0. The lowest BCUT2D eigenvalue weighted by Crippen LogP contribution is -2.01. The van der Waals surface area contributed by atoms with E-state index in [9.17, 15) is 0 Å². The molecule has 0 radical (unpaired) electrons. The summed E-state index contributed by atoms with van der Waals surface area (Å²) < 4.78 is 5.59. The van der Waals surface area contributed by atoms with Crippen LogP contribution in [0.25, 0.3) is 0 Å². The van der Waals surface area contributed by atoms with Crippen molar-refractivity contribution in [3.8, 4) is 0 Å². The maximum Gasteiger partial charge on any atom is 0.113 e. The first kappa shape index (κ1) is 10.8. The molecule has 0 fully saturated rings. The highest BCUT2D eigenvalue weighted by atomic mass is 16.5. The molecule has 0 aliphatic carbocycles. The third kappa shape index (κ3) is 3.25. The summed E-state index contributed by atoms with van der Waals surface area (Å²) in [7, 11) is 0. The molecule has 1 heteroatoms. The van der Waals surface area contributed by atoms with Crippen LogP contribution < -0.4 is 0 Å². The molecular weight excluding hydrogens is 172 g/mol. The smallest absolute Gasteiger partial charge is 0.113 e. The van der Waals surface area contributed by atoms with Crippen LogP contribution in [0.2, 0.25) is 0 Å². The molecule has 0 N–H and O–H groups in total. The summed E-state index contributed by atoms with van der Waals surface area (Å²) in [5.74, 6) is 1.33. The van der Waals surface area contributed by atoms with Gasteiger partial charge < -0.3 is 4.74 Å². The largest absolute Gasteiger partial charge is 0.494 e. The van der Waals surface area contributed by atoms with Gasteiger partial charge in [-0.05, 0) is 12.0 Å². The van der Waals surface area contributed by atoms with Crippen molar-refractivity contribution in [2.75, 3.05) is 0 Å². The predicted octanol–water partition coefficient (Wildman–Crippen LogP) is 3.76. The second-order valence-corrected chi connectivity index (χ2v) is 3.55. The van der Waals surface area contributed by atoms with Crippen molar-refractivity contribution >= 4 is 0 Å². The van der Waals surface area contributed by atoms with Crippen LogP contribution in [0.15, 0.2) is 42.7 Å². The fourth-order valence-corrected chi connectivity index (χ4v) is 1.12. The van der Waals surface area contributed by atoms with Crippen LogP contribution >= 0.6 is 0 Å². The standard InChI is InChI=1S/C13H18O/c1-4-11(2)12(3)14-10-13-8-6-5-7-9-13/h5-9,11H,3-4,10H2,1-2H3. The summed E-state index contributed by atoms with van der Waals surface area (Å²) in [5.41, 5.74) is 1.19. The molecule has 0 aliphatic rings. The van der Waals surface area contributed by atoms with Crippen LogP contribution in [0, 0.1) is 5.92 Å². The molecule has 1 unspecified atom stereocenters. The number of allylic oxidation sites excluding steroid dienone is 1. The topological polar surface area (TPSA) is 9.23 Å². The van der Waals surface area contributed by atoms with Crippen molar-refractivity contribution in [1.29, 1.82) is 0 Å². The molecule has 1 aromatic rings. The zero-order valence-corrected chi connectivity index (χ0v) is 8.99. The summed E-state index contributed by atoms with van der Waals surface area (Å²) in [6.45, 7) is 8.82. The molecule has 0 aromatic heterocycles. The van der Waals surface area contributed by atoms with Crippen molar-refractivity contribution < 1.29 is 4.74 Å². The van der Waals surface area contributed by atoms with E-state index >= 15 is 0 Å². The molecule has 0 heterocycles. The monoisotopic (exact) mass is 190 g/mol. The fraction of sp³-hybridized carbons (Fsp3) is 0.385. The Bertz CT molecular complexity index is 277. The Hall–Kier alpha value is -1.24. The molecule has 76 valence electrons. The Morgan fingerprint density at radius 2 is 2.00 bits per heavy atom. The molecule has 1 atom stereocenters. The second kappa shape index (κ2) is 5.48. The van der Waals surface area contributed by atoms with Gasteiger partial charge in [0.25, 0.3) is 0 Å². The molecule has 0 saturated carbocycles. The summed E-state index contributed by atoms with van der Waals surface area (Å²) in [5, 5.41) is 0. The Morgan fingerprint density at radius 3 is 2.57 bits per heavy atom. The third-order valence-electron chi connectivity index (χ3n) is 2.43. The first-order chi connectivity index (χ1) is 6.74. The molecule has 1 aromatic carbocycles. The first-order valence-electron chi connectivity index (χ1n) is 5.09. The van der Waals surface area contributed by atoms with Gasteiger partial charge in [-0.2, -0.15) is 0 Å². The van der Waals surface area contributed by atoms with E-state index in [1.54, 1.807) is 0 Å². The minimum atomic E-state index is 0.443. The van der Waals surface area contributed by atoms with E-state index in [1.807, 2.05) is 18.2 Å². The highest BCUT2D eigenvalue weighted by Crippen LogP contribution is 2.15. The maximum atomic E-state index is 5.59. The van der Waals surface area contributed by atoms with Gasteiger partial charge in [-0.25, -0.2) is 0 Å². The van der Waals surface area contributed by atoms with Crippen LogP contribution in [0.3, 0.4) is 0 Å². The highest BCUT2D eigenvalue weighted by molar-refractivity contribution is 5.13. The maximum absolute atomic E-state index is 5.59. The van der Waals surface area contributed by atoms with Crippen LogP contribution in [-0.4, -0.2) is 0 Å². The van der Waals surface area contributed by atoms with Gasteiger partial charge in [0.1, 0.15) is 6.61 Å². The highest BCUT2D eigenvalue weighted by Gasteiger charge is 2.04. The van der Waals surface area contributed by atoms with E-state index in [1.165, 1.54) is 5.56 Å². The normalized spacial score (nSPS) is 12.1. The Kier molecular flexibility index (Phi) is 4.24. The molecule has 0 saturated heterocycles. The van der Waals surface area contributed by atoms with E-state index in [-0.39, 0.29) is 0 Å². The van der Waals surface area contributed by atoms with Gasteiger partial charge in [0, 0.05) is 5.92 Å². The average molecular weight is 190 g/mol. The van der Waals surface area contributed by atoms with Crippen molar-refractivity contribution in [2.45, 2.75) is 26.9 Å². The molecule has 14 heavy (non-hydrogen) atoms. The molecular formula is C13H18O. The molecule has 0 aliphatic heterocycles. The lowest BCUT2D eigenvalue weighted by molar-refractivity contribution is 0.168. The molecule has 1 nitrogen and oxygen atoms in total. The van der Waals surface area contributed by atoms with Gasteiger partial charge in [-0.3, -0.25) is 0 Å². The Morgan fingerprint density at radius 1 is 1.36 bits per heavy atom. The van der Waals surface area contributed by atoms with E-state index in [0.717, 1.165) is 12.2 Å². The van der Waals surface area contributed by atoms with Crippen molar-refractivity contribution in [2.24, 2.45) is 5.92 Å². The van der Waals surface area contributed by atoms with Gasteiger partial charge in [-0.1, -0.05) is 50.8 Å². The SMILES string of the molecule is C=C(OCc1ccccc1)C(C)CC. The molecule has 1 rings (SSSR count). The van der Waals surface area contributed by atoms with E-state index < -0.39 is 0 Å². The number of hydrogen-bond acceptors (Lipinski definition) is 1. The van der Waals surface area contributed by atoms with Gasteiger partial charge in [-0.15, -0.1) is 0 Å². The summed E-state index contributed by atoms with van der Waals surface area (Å²) >= 11 is 0. The minimum absolute atomic E-state index is 0.443. The molecule has 0 amide bonds. The summed E-state index contributed by atoms with van der Waals surface area (Å²) in [4.78, 5) is 0.